The number of methoxy groups -OCH3 is 1. The SMILES string of the molecule is COc1ncc(F)c(-c2ccc(-c3cnc(N(C4CC4)[C@@H]4C[C@@H]5CC[C@H](N5)[C@@H]4F)nn3)c(O)c2)n1. The highest BCUT2D eigenvalue weighted by Crippen LogP contribution is 2.40. The first-order valence-electron chi connectivity index (χ1n) is 11.8. The van der Waals surface area contributed by atoms with Gasteiger partial charge in [-0.1, -0.05) is 6.07 Å². The van der Waals surface area contributed by atoms with Gasteiger partial charge in [0.25, 0.3) is 0 Å². The van der Waals surface area contributed by atoms with Crippen LogP contribution >= 0.6 is 0 Å². The molecule has 9 nitrogen and oxygen atoms in total. The van der Waals surface area contributed by atoms with Crippen molar-refractivity contribution in [2.24, 2.45) is 0 Å². The summed E-state index contributed by atoms with van der Waals surface area (Å²) in [5, 5.41) is 22.6. The number of rotatable bonds is 6. The maximum absolute atomic E-state index is 15.3. The minimum Gasteiger partial charge on any atom is -0.507 e. The quantitative estimate of drug-likeness (QED) is 0.549. The van der Waals surface area contributed by atoms with Crippen LogP contribution < -0.4 is 15.0 Å². The zero-order valence-electron chi connectivity index (χ0n) is 19.1. The predicted molar refractivity (Wildman–Crippen MR) is 123 cm³/mol. The van der Waals surface area contributed by atoms with E-state index in [1.165, 1.54) is 19.4 Å². The molecule has 2 saturated heterocycles. The fraction of sp³-hybridized carbons (Fsp3) is 0.458. The van der Waals surface area contributed by atoms with Gasteiger partial charge in [-0.3, -0.25) is 0 Å². The molecule has 1 aromatic carbocycles. The Hall–Kier alpha value is -3.47. The highest BCUT2D eigenvalue weighted by molar-refractivity contribution is 5.72. The number of halogens is 2. The van der Waals surface area contributed by atoms with Gasteiger partial charge in [-0.25, -0.2) is 18.7 Å². The standard InChI is InChI=1S/C24H25F2N7O2/c1-35-24-28-10-16(25)22(30-24)12-2-6-15(20(34)8-12)18-11-27-23(32-31-18)33(14-4-5-14)19-9-13-3-7-17(29-13)21(19)26/h2,6,8,10-11,13-14,17,19,21,29,34H,3-5,7,9H2,1H3/t13-,17-,19+,21-/m0/s1. The van der Waals surface area contributed by atoms with Gasteiger partial charge in [-0.15, -0.1) is 10.2 Å². The van der Waals surface area contributed by atoms with E-state index >= 15 is 4.39 Å². The molecule has 2 aliphatic heterocycles. The van der Waals surface area contributed by atoms with Gasteiger partial charge in [0.1, 0.15) is 23.3 Å². The summed E-state index contributed by atoms with van der Waals surface area (Å²) < 4.78 is 34.5. The number of phenolic OH excluding ortho intramolecular Hbond substituents is 1. The summed E-state index contributed by atoms with van der Waals surface area (Å²) in [5.41, 5.74) is 1.12. The Kier molecular flexibility index (Phi) is 5.43. The molecule has 1 saturated carbocycles. The van der Waals surface area contributed by atoms with Gasteiger partial charge in [0.05, 0.1) is 25.5 Å². The molecule has 0 amide bonds. The van der Waals surface area contributed by atoms with E-state index in [4.69, 9.17) is 4.74 Å². The third kappa shape index (κ3) is 4.03. The molecule has 2 N–H and O–H groups in total. The zero-order valence-corrected chi connectivity index (χ0v) is 19.1. The topological polar surface area (TPSA) is 109 Å². The third-order valence-corrected chi connectivity index (χ3v) is 7.08. The lowest BCUT2D eigenvalue weighted by atomic mass is 9.96. The summed E-state index contributed by atoms with van der Waals surface area (Å²) in [7, 11) is 1.39. The van der Waals surface area contributed by atoms with Crippen LogP contribution in [0.4, 0.5) is 14.7 Å². The number of nitrogens with one attached hydrogen (secondary N) is 1. The van der Waals surface area contributed by atoms with Crippen molar-refractivity contribution in [3.63, 3.8) is 0 Å². The summed E-state index contributed by atoms with van der Waals surface area (Å²) in [6.07, 6.45) is 6.14. The average molecular weight is 482 g/mol. The number of piperidine rings is 1. The van der Waals surface area contributed by atoms with E-state index in [2.05, 4.69) is 30.5 Å². The van der Waals surface area contributed by atoms with E-state index < -0.39 is 12.0 Å². The number of hydrogen-bond acceptors (Lipinski definition) is 9. The van der Waals surface area contributed by atoms with Crippen molar-refractivity contribution in [3.8, 4) is 34.3 Å². The molecule has 4 heterocycles. The number of alkyl halides is 1. The average Bonchev–Trinajstić information content (AvgIpc) is 3.62. The van der Waals surface area contributed by atoms with Gasteiger partial charge in [-0.05, 0) is 44.2 Å². The van der Waals surface area contributed by atoms with Crippen LogP contribution in [0.2, 0.25) is 0 Å². The molecule has 3 fully saturated rings. The maximum Gasteiger partial charge on any atom is 0.316 e. The van der Waals surface area contributed by atoms with Crippen LogP contribution in [0.3, 0.4) is 0 Å². The molecule has 3 aliphatic rings. The monoisotopic (exact) mass is 481 g/mol. The molecule has 1 aliphatic carbocycles. The lowest BCUT2D eigenvalue weighted by Crippen LogP contribution is -2.57. The maximum atomic E-state index is 15.3. The van der Waals surface area contributed by atoms with Crippen molar-refractivity contribution in [1.29, 1.82) is 0 Å². The third-order valence-electron chi connectivity index (χ3n) is 7.08. The largest absolute Gasteiger partial charge is 0.507 e. The van der Waals surface area contributed by atoms with Gasteiger partial charge < -0.3 is 20.1 Å². The van der Waals surface area contributed by atoms with Crippen molar-refractivity contribution in [1.82, 2.24) is 30.5 Å². The molecule has 0 unspecified atom stereocenters. The summed E-state index contributed by atoms with van der Waals surface area (Å²) >= 11 is 0. The molecule has 0 radical (unpaired) electrons. The Morgan fingerprint density at radius 3 is 2.69 bits per heavy atom. The molecule has 2 aromatic heterocycles. The van der Waals surface area contributed by atoms with Crippen molar-refractivity contribution in [2.45, 2.75) is 62.4 Å². The van der Waals surface area contributed by atoms with Crippen LogP contribution in [-0.2, 0) is 0 Å². The minimum atomic E-state index is -0.977. The lowest BCUT2D eigenvalue weighted by Gasteiger charge is -2.40. The number of aromatic hydroxyl groups is 1. The first-order valence-corrected chi connectivity index (χ1v) is 11.8. The zero-order chi connectivity index (χ0) is 24.1. The molecular formula is C24H25F2N7O2. The number of anilines is 1. The van der Waals surface area contributed by atoms with Gasteiger partial charge in [0.2, 0.25) is 5.95 Å². The van der Waals surface area contributed by atoms with Crippen LogP contribution in [0, 0.1) is 5.82 Å². The summed E-state index contributed by atoms with van der Waals surface area (Å²) in [5.74, 6) is -0.348. The van der Waals surface area contributed by atoms with Crippen molar-refractivity contribution in [3.05, 3.63) is 36.4 Å². The van der Waals surface area contributed by atoms with Crippen LogP contribution in [-0.4, -0.2) is 67.7 Å². The molecule has 35 heavy (non-hydrogen) atoms. The van der Waals surface area contributed by atoms with E-state index in [0.717, 1.165) is 38.3 Å². The number of aromatic nitrogens is 5. The molecular weight excluding hydrogens is 456 g/mol. The Balaban J connectivity index is 1.27. The fourth-order valence-corrected chi connectivity index (χ4v) is 5.24. The van der Waals surface area contributed by atoms with Crippen molar-refractivity contribution in [2.75, 3.05) is 12.0 Å². The number of nitrogens with zero attached hydrogens (tertiary/aromatic N) is 6. The summed E-state index contributed by atoms with van der Waals surface area (Å²) in [6.45, 7) is 0. The second kappa shape index (κ2) is 8.63. The van der Waals surface area contributed by atoms with Crippen LogP contribution in [0.25, 0.3) is 22.5 Å². The number of ether oxygens (including phenoxy) is 1. The molecule has 2 bridgehead atoms. The Bertz CT molecular complexity index is 1240. The molecule has 6 rings (SSSR count). The van der Waals surface area contributed by atoms with Crippen molar-refractivity contribution >= 4 is 5.95 Å². The normalized spacial score (nSPS) is 25.5. The number of phenols is 1. The molecule has 4 atom stereocenters. The Morgan fingerprint density at radius 1 is 1.11 bits per heavy atom. The highest BCUT2D eigenvalue weighted by Gasteiger charge is 2.48. The second-order valence-corrected chi connectivity index (χ2v) is 9.36. The van der Waals surface area contributed by atoms with E-state index in [0.29, 0.717) is 28.8 Å². The molecule has 11 heteroatoms. The lowest BCUT2D eigenvalue weighted by molar-refractivity contribution is 0.171. The van der Waals surface area contributed by atoms with E-state index in [1.807, 2.05) is 4.90 Å². The van der Waals surface area contributed by atoms with Gasteiger partial charge in [0, 0.05) is 29.3 Å². The van der Waals surface area contributed by atoms with E-state index in [1.54, 1.807) is 12.1 Å². The molecule has 182 valence electrons. The molecule has 0 spiro atoms. The first kappa shape index (κ1) is 22.0. The minimum absolute atomic E-state index is 0.00930. The fourth-order valence-electron chi connectivity index (χ4n) is 5.24. The smallest absolute Gasteiger partial charge is 0.316 e. The van der Waals surface area contributed by atoms with Crippen LogP contribution in [0.5, 0.6) is 11.8 Å². The first-order chi connectivity index (χ1) is 17.0. The predicted octanol–water partition coefficient (Wildman–Crippen LogP) is 3.05. The number of hydrogen-bond donors (Lipinski definition) is 2. The van der Waals surface area contributed by atoms with Gasteiger partial charge >= 0.3 is 6.01 Å². The van der Waals surface area contributed by atoms with Crippen molar-refractivity contribution < 1.29 is 18.6 Å². The summed E-state index contributed by atoms with van der Waals surface area (Å²) in [6, 6.07) is 4.83. The van der Waals surface area contributed by atoms with E-state index in [9.17, 15) is 9.50 Å². The van der Waals surface area contributed by atoms with Crippen LogP contribution in [0.15, 0.2) is 30.6 Å². The summed E-state index contributed by atoms with van der Waals surface area (Å²) in [4.78, 5) is 14.3. The van der Waals surface area contributed by atoms with Gasteiger partial charge in [-0.2, -0.15) is 4.98 Å². The van der Waals surface area contributed by atoms with E-state index in [-0.39, 0.29) is 35.6 Å². The van der Waals surface area contributed by atoms with Crippen LogP contribution in [0.1, 0.15) is 32.1 Å². The van der Waals surface area contributed by atoms with Gasteiger partial charge in [0.15, 0.2) is 5.82 Å². The Morgan fingerprint density at radius 2 is 1.97 bits per heavy atom. The Labute approximate surface area is 200 Å². The number of fused-ring (bicyclic) bond motifs is 2. The number of benzene rings is 1. The molecule has 3 aromatic rings. The highest BCUT2D eigenvalue weighted by atomic mass is 19.1. The second-order valence-electron chi connectivity index (χ2n) is 9.36.